The second-order valence-corrected chi connectivity index (χ2v) is 7.43. The van der Waals surface area contributed by atoms with Gasteiger partial charge in [-0.15, -0.1) is 0 Å². The molecule has 0 aromatic heterocycles. The highest BCUT2D eigenvalue weighted by atomic mass is 16.2. The SMILES string of the molecule is Cc1ccccc1NC(=O)C[N+](C)(C)CC(=O)Nc1c(C)cccc1C. The van der Waals surface area contributed by atoms with Gasteiger partial charge in [0.2, 0.25) is 0 Å². The summed E-state index contributed by atoms with van der Waals surface area (Å²) in [5.74, 6) is -0.208. The van der Waals surface area contributed by atoms with E-state index in [-0.39, 0.29) is 29.4 Å². The molecule has 138 valence electrons. The molecule has 2 rings (SSSR count). The van der Waals surface area contributed by atoms with Crippen molar-refractivity contribution in [2.75, 3.05) is 37.8 Å². The van der Waals surface area contributed by atoms with Gasteiger partial charge in [-0.1, -0.05) is 36.4 Å². The molecule has 2 amide bonds. The standard InChI is InChI=1S/C21H27N3O2/c1-15-9-6-7-12-18(15)22-19(25)13-24(4,5)14-20(26)23-21-16(2)10-8-11-17(21)3/h6-12H,13-14H2,1-5H3,(H-,22,23,25,26)/p+1. The van der Waals surface area contributed by atoms with Gasteiger partial charge in [-0.2, -0.15) is 0 Å². The van der Waals surface area contributed by atoms with Crippen LogP contribution in [-0.4, -0.2) is 43.5 Å². The Balaban J connectivity index is 1.96. The van der Waals surface area contributed by atoms with Crippen LogP contribution >= 0.6 is 0 Å². The Morgan fingerprint density at radius 1 is 0.769 bits per heavy atom. The number of quaternary nitrogens is 1. The first-order valence-electron chi connectivity index (χ1n) is 8.71. The first-order valence-corrected chi connectivity index (χ1v) is 8.71. The number of hydrogen-bond acceptors (Lipinski definition) is 2. The van der Waals surface area contributed by atoms with E-state index >= 15 is 0 Å². The maximum atomic E-state index is 12.5. The minimum Gasteiger partial charge on any atom is -0.321 e. The number of anilines is 2. The molecule has 0 radical (unpaired) electrons. The third-order valence-corrected chi connectivity index (χ3v) is 4.31. The number of likely N-dealkylation sites (N-methyl/N-ethyl adjacent to an activating group) is 1. The van der Waals surface area contributed by atoms with Gasteiger partial charge in [-0.3, -0.25) is 9.59 Å². The third kappa shape index (κ3) is 5.43. The highest BCUT2D eigenvalue weighted by molar-refractivity contribution is 5.94. The van der Waals surface area contributed by atoms with Gasteiger partial charge in [0, 0.05) is 11.4 Å². The number of carbonyl (C=O) groups excluding carboxylic acids is 2. The molecule has 0 saturated heterocycles. The lowest BCUT2D eigenvalue weighted by molar-refractivity contribution is -0.874. The van der Waals surface area contributed by atoms with Crippen molar-refractivity contribution in [2.24, 2.45) is 0 Å². The first kappa shape index (κ1) is 19.7. The maximum Gasteiger partial charge on any atom is 0.279 e. The smallest absolute Gasteiger partial charge is 0.279 e. The van der Waals surface area contributed by atoms with Gasteiger partial charge in [0.15, 0.2) is 13.1 Å². The molecule has 5 nitrogen and oxygen atoms in total. The van der Waals surface area contributed by atoms with Crippen LogP contribution in [0.5, 0.6) is 0 Å². The fourth-order valence-electron chi connectivity index (χ4n) is 2.93. The van der Waals surface area contributed by atoms with Gasteiger partial charge in [0.25, 0.3) is 11.8 Å². The summed E-state index contributed by atoms with van der Waals surface area (Å²) in [6.45, 7) is 6.33. The average Bonchev–Trinajstić information content (AvgIpc) is 2.52. The van der Waals surface area contributed by atoms with E-state index in [9.17, 15) is 9.59 Å². The number of nitrogens with zero attached hydrogens (tertiary/aromatic N) is 1. The van der Waals surface area contributed by atoms with E-state index in [4.69, 9.17) is 0 Å². The second kappa shape index (κ2) is 8.15. The normalized spacial score (nSPS) is 11.1. The summed E-state index contributed by atoms with van der Waals surface area (Å²) in [7, 11) is 3.75. The van der Waals surface area contributed by atoms with E-state index in [1.165, 1.54) is 0 Å². The summed E-state index contributed by atoms with van der Waals surface area (Å²) >= 11 is 0. The molecule has 0 aliphatic rings. The average molecular weight is 354 g/mol. The summed E-state index contributed by atoms with van der Waals surface area (Å²) in [5.41, 5.74) is 4.72. The Kier molecular flexibility index (Phi) is 6.16. The predicted octanol–water partition coefficient (Wildman–Crippen LogP) is 3.27. The number of amides is 2. The van der Waals surface area contributed by atoms with Crippen LogP contribution < -0.4 is 10.6 Å². The van der Waals surface area contributed by atoms with Crippen molar-refractivity contribution in [3.05, 3.63) is 59.2 Å². The largest absolute Gasteiger partial charge is 0.321 e. The Labute approximate surface area is 155 Å². The van der Waals surface area contributed by atoms with Gasteiger partial charge in [0.1, 0.15) is 0 Å². The van der Waals surface area contributed by atoms with E-state index < -0.39 is 0 Å². The molecule has 0 unspecified atom stereocenters. The summed E-state index contributed by atoms with van der Waals surface area (Å²) in [5, 5.41) is 5.90. The van der Waals surface area contributed by atoms with E-state index in [2.05, 4.69) is 10.6 Å². The molecule has 0 heterocycles. The Hall–Kier alpha value is -2.66. The predicted molar refractivity (Wildman–Crippen MR) is 106 cm³/mol. The lowest BCUT2D eigenvalue weighted by Gasteiger charge is -2.28. The molecule has 2 N–H and O–H groups in total. The zero-order valence-corrected chi connectivity index (χ0v) is 16.2. The molecule has 0 aliphatic carbocycles. The Bertz CT molecular complexity index is 792. The van der Waals surface area contributed by atoms with Crippen molar-refractivity contribution in [1.82, 2.24) is 0 Å². The summed E-state index contributed by atoms with van der Waals surface area (Å²) in [4.78, 5) is 24.8. The van der Waals surface area contributed by atoms with Crippen LogP contribution in [0.1, 0.15) is 16.7 Å². The van der Waals surface area contributed by atoms with Crippen LogP contribution in [0, 0.1) is 20.8 Å². The van der Waals surface area contributed by atoms with Crippen LogP contribution in [0.3, 0.4) is 0 Å². The topological polar surface area (TPSA) is 58.2 Å². The molecule has 0 spiro atoms. The van der Waals surface area contributed by atoms with Crippen molar-refractivity contribution in [3.8, 4) is 0 Å². The quantitative estimate of drug-likeness (QED) is 0.782. The Morgan fingerprint density at radius 3 is 1.85 bits per heavy atom. The van der Waals surface area contributed by atoms with Gasteiger partial charge >= 0.3 is 0 Å². The van der Waals surface area contributed by atoms with Crippen LogP contribution in [0.25, 0.3) is 0 Å². The van der Waals surface area contributed by atoms with Gasteiger partial charge < -0.3 is 15.1 Å². The van der Waals surface area contributed by atoms with E-state index in [1.807, 2.05) is 77.3 Å². The highest BCUT2D eigenvalue weighted by Gasteiger charge is 2.24. The zero-order valence-electron chi connectivity index (χ0n) is 16.2. The fraction of sp³-hybridized carbons (Fsp3) is 0.333. The molecule has 0 bridgehead atoms. The molecular weight excluding hydrogens is 326 g/mol. The summed E-state index contributed by atoms with van der Waals surface area (Å²) in [6.07, 6.45) is 0. The van der Waals surface area contributed by atoms with Gasteiger partial charge in [-0.25, -0.2) is 0 Å². The zero-order chi connectivity index (χ0) is 19.3. The molecule has 2 aromatic carbocycles. The Morgan fingerprint density at radius 2 is 1.27 bits per heavy atom. The molecule has 2 aromatic rings. The number of aryl methyl sites for hydroxylation is 3. The number of carbonyl (C=O) groups is 2. The fourth-order valence-corrected chi connectivity index (χ4v) is 2.93. The molecule has 0 atom stereocenters. The summed E-state index contributed by atoms with van der Waals surface area (Å²) in [6, 6.07) is 13.6. The number of nitrogens with one attached hydrogen (secondary N) is 2. The van der Waals surface area contributed by atoms with Crippen molar-refractivity contribution in [1.29, 1.82) is 0 Å². The summed E-state index contributed by atoms with van der Waals surface area (Å²) < 4.78 is 0.272. The molecular formula is C21H28N3O2+. The lowest BCUT2D eigenvalue weighted by atomic mass is 10.1. The molecule has 26 heavy (non-hydrogen) atoms. The lowest BCUT2D eigenvalue weighted by Crippen LogP contribution is -2.50. The van der Waals surface area contributed by atoms with Crippen LogP contribution in [0.2, 0.25) is 0 Å². The molecule has 0 aliphatic heterocycles. The second-order valence-electron chi connectivity index (χ2n) is 7.43. The van der Waals surface area contributed by atoms with Crippen molar-refractivity contribution < 1.29 is 14.1 Å². The van der Waals surface area contributed by atoms with Gasteiger partial charge in [0.05, 0.1) is 14.1 Å². The van der Waals surface area contributed by atoms with E-state index in [1.54, 1.807) is 0 Å². The van der Waals surface area contributed by atoms with Crippen molar-refractivity contribution in [2.45, 2.75) is 20.8 Å². The van der Waals surface area contributed by atoms with E-state index in [0.717, 1.165) is 28.1 Å². The van der Waals surface area contributed by atoms with E-state index in [0.29, 0.717) is 0 Å². The molecule has 5 heteroatoms. The number of benzene rings is 2. The van der Waals surface area contributed by atoms with Crippen molar-refractivity contribution in [3.63, 3.8) is 0 Å². The van der Waals surface area contributed by atoms with Gasteiger partial charge in [-0.05, 0) is 43.5 Å². The first-order chi connectivity index (χ1) is 12.2. The third-order valence-electron chi connectivity index (χ3n) is 4.31. The minimum atomic E-state index is -0.107. The minimum absolute atomic E-state index is 0.101. The monoisotopic (exact) mass is 354 g/mol. The van der Waals surface area contributed by atoms with Crippen LogP contribution in [0.4, 0.5) is 11.4 Å². The number of rotatable bonds is 6. The molecule has 0 saturated carbocycles. The van der Waals surface area contributed by atoms with Crippen LogP contribution in [-0.2, 0) is 9.59 Å². The van der Waals surface area contributed by atoms with Crippen LogP contribution in [0.15, 0.2) is 42.5 Å². The highest BCUT2D eigenvalue weighted by Crippen LogP contribution is 2.19. The molecule has 0 fully saturated rings. The van der Waals surface area contributed by atoms with Crippen molar-refractivity contribution >= 4 is 23.2 Å². The number of hydrogen-bond donors (Lipinski definition) is 2. The number of para-hydroxylation sites is 2. The maximum absolute atomic E-state index is 12.5.